The standard InChI is InChI=1S/C13H16BrClN2O.ClH/c14-9-4-5-11(12(15)7-9)13(18)17-6-2-1-3-10(17)8-16;/h4-5,7,10H,1-3,6,8,16H2;1H. The average molecular weight is 368 g/mol. The van der Waals surface area contributed by atoms with Gasteiger partial charge in [0.25, 0.3) is 5.91 Å². The highest BCUT2D eigenvalue weighted by atomic mass is 79.9. The summed E-state index contributed by atoms with van der Waals surface area (Å²) in [7, 11) is 0. The summed E-state index contributed by atoms with van der Waals surface area (Å²) in [5.41, 5.74) is 6.29. The van der Waals surface area contributed by atoms with Crippen LogP contribution in [0.3, 0.4) is 0 Å². The predicted octanol–water partition coefficient (Wildman–Crippen LogP) is 3.48. The lowest BCUT2D eigenvalue weighted by Crippen LogP contribution is -2.47. The summed E-state index contributed by atoms with van der Waals surface area (Å²) in [6.45, 7) is 1.28. The van der Waals surface area contributed by atoms with E-state index < -0.39 is 0 Å². The molecule has 1 unspecified atom stereocenters. The number of halogens is 3. The topological polar surface area (TPSA) is 46.3 Å². The Balaban J connectivity index is 0.00000180. The Labute approximate surface area is 133 Å². The predicted molar refractivity (Wildman–Crippen MR) is 84.1 cm³/mol. The average Bonchev–Trinajstić information content (AvgIpc) is 2.38. The molecule has 0 spiro atoms. The second-order valence-electron chi connectivity index (χ2n) is 4.51. The van der Waals surface area contributed by atoms with Gasteiger partial charge in [0.2, 0.25) is 0 Å². The van der Waals surface area contributed by atoms with Crippen LogP contribution in [0.4, 0.5) is 0 Å². The summed E-state index contributed by atoms with van der Waals surface area (Å²) < 4.78 is 0.873. The van der Waals surface area contributed by atoms with E-state index in [2.05, 4.69) is 15.9 Å². The maximum absolute atomic E-state index is 12.5. The van der Waals surface area contributed by atoms with Crippen LogP contribution in [0, 0.1) is 0 Å². The number of hydrogen-bond donors (Lipinski definition) is 1. The zero-order valence-corrected chi connectivity index (χ0v) is 13.6. The van der Waals surface area contributed by atoms with Crippen molar-refractivity contribution in [2.24, 2.45) is 5.73 Å². The minimum absolute atomic E-state index is 0. The van der Waals surface area contributed by atoms with E-state index in [-0.39, 0.29) is 24.4 Å². The molecule has 0 radical (unpaired) electrons. The fraction of sp³-hybridized carbons (Fsp3) is 0.462. The van der Waals surface area contributed by atoms with Gasteiger partial charge in [0.1, 0.15) is 0 Å². The number of rotatable bonds is 2. The van der Waals surface area contributed by atoms with Gasteiger partial charge in [0, 0.05) is 23.6 Å². The van der Waals surface area contributed by atoms with Crippen LogP contribution in [-0.2, 0) is 0 Å². The molecular formula is C13H17BrCl2N2O. The van der Waals surface area contributed by atoms with Crippen molar-refractivity contribution in [1.82, 2.24) is 4.90 Å². The van der Waals surface area contributed by atoms with Gasteiger partial charge in [-0.2, -0.15) is 0 Å². The van der Waals surface area contributed by atoms with Crippen molar-refractivity contribution in [3.05, 3.63) is 33.3 Å². The van der Waals surface area contributed by atoms with Crippen molar-refractivity contribution in [2.75, 3.05) is 13.1 Å². The molecule has 0 saturated carbocycles. The number of amides is 1. The van der Waals surface area contributed by atoms with E-state index in [1.54, 1.807) is 12.1 Å². The Hall–Kier alpha value is -0.290. The maximum atomic E-state index is 12.5. The molecule has 1 atom stereocenters. The van der Waals surface area contributed by atoms with E-state index in [9.17, 15) is 4.79 Å². The Morgan fingerprint density at radius 1 is 1.47 bits per heavy atom. The second-order valence-corrected chi connectivity index (χ2v) is 5.83. The van der Waals surface area contributed by atoms with E-state index >= 15 is 0 Å². The SMILES string of the molecule is Cl.NCC1CCCCN1C(=O)c1ccc(Br)cc1Cl. The Kier molecular flexibility index (Phi) is 6.60. The summed E-state index contributed by atoms with van der Waals surface area (Å²) in [6.07, 6.45) is 3.16. The van der Waals surface area contributed by atoms with Crippen LogP contribution < -0.4 is 5.73 Å². The Morgan fingerprint density at radius 3 is 2.84 bits per heavy atom. The van der Waals surface area contributed by atoms with Crippen LogP contribution in [0.1, 0.15) is 29.6 Å². The monoisotopic (exact) mass is 366 g/mol. The van der Waals surface area contributed by atoms with Crippen LogP contribution in [0.2, 0.25) is 5.02 Å². The molecule has 1 amide bonds. The first-order valence-corrected chi connectivity index (χ1v) is 7.26. The zero-order chi connectivity index (χ0) is 13.1. The summed E-state index contributed by atoms with van der Waals surface area (Å²) in [5.74, 6) is -0.0114. The second kappa shape index (κ2) is 7.48. The van der Waals surface area contributed by atoms with Gasteiger partial charge in [-0.25, -0.2) is 0 Å². The van der Waals surface area contributed by atoms with Crippen LogP contribution >= 0.6 is 39.9 Å². The molecule has 6 heteroatoms. The quantitative estimate of drug-likeness (QED) is 0.869. The van der Waals surface area contributed by atoms with E-state index in [0.29, 0.717) is 17.1 Å². The molecule has 1 aliphatic heterocycles. The van der Waals surface area contributed by atoms with Crippen molar-refractivity contribution in [3.63, 3.8) is 0 Å². The third kappa shape index (κ3) is 3.85. The number of nitrogens with two attached hydrogens (primary N) is 1. The van der Waals surface area contributed by atoms with Crippen molar-refractivity contribution >= 4 is 45.8 Å². The largest absolute Gasteiger partial charge is 0.334 e. The fourth-order valence-electron chi connectivity index (χ4n) is 2.33. The molecule has 0 bridgehead atoms. The summed E-state index contributed by atoms with van der Waals surface area (Å²) in [6, 6.07) is 5.49. The molecule has 1 aliphatic rings. The van der Waals surface area contributed by atoms with Crippen LogP contribution in [0.15, 0.2) is 22.7 Å². The highest BCUT2D eigenvalue weighted by Gasteiger charge is 2.27. The molecule has 1 saturated heterocycles. The van der Waals surface area contributed by atoms with E-state index in [1.807, 2.05) is 11.0 Å². The first kappa shape index (κ1) is 16.8. The van der Waals surface area contributed by atoms with Crippen molar-refractivity contribution in [3.8, 4) is 0 Å². The van der Waals surface area contributed by atoms with E-state index in [0.717, 1.165) is 30.3 Å². The molecule has 1 aromatic rings. The minimum Gasteiger partial charge on any atom is -0.334 e. The summed E-state index contributed by atoms with van der Waals surface area (Å²) >= 11 is 9.46. The van der Waals surface area contributed by atoms with Gasteiger partial charge in [-0.3, -0.25) is 4.79 Å². The Bertz CT molecular complexity index is 456. The number of piperidine rings is 1. The lowest BCUT2D eigenvalue weighted by atomic mass is 10.0. The lowest BCUT2D eigenvalue weighted by molar-refractivity contribution is 0.0623. The van der Waals surface area contributed by atoms with Gasteiger partial charge in [0.05, 0.1) is 10.6 Å². The first-order valence-electron chi connectivity index (χ1n) is 6.09. The first-order chi connectivity index (χ1) is 8.63. The normalized spacial score (nSPS) is 18.9. The van der Waals surface area contributed by atoms with Gasteiger partial charge >= 0.3 is 0 Å². The number of hydrogen-bond acceptors (Lipinski definition) is 2. The summed E-state index contributed by atoms with van der Waals surface area (Å²) in [4.78, 5) is 14.3. The fourth-order valence-corrected chi connectivity index (χ4v) is 3.08. The van der Waals surface area contributed by atoms with Crippen LogP contribution in [-0.4, -0.2) is 29.9 Å². The molecule has 106 valence electrons. The molecular weight excluding hydrogens is 351 g/mol. The number of carbonyl (C=O) groups is 1. The number of nitrogens with zero attached hydrogens (tertiary/aromatic N) is 1. The molecule has 0 aliphatic carbocycles. The van der Waals surface area contributed by atoms with E-state index in [4.69, 9.17) is 17.3 Å². The van der Waals surface area contributed by atoms with Gasteiger partial charge in [-0.05, 0) is 37.5 Å². The van der Waals surface area contributed by atoms with Crippen LogP contribution in [0.5, 0.6) is 0 Å². The van der Waals surface area contributed by atoms with Crippen LogP contribution in [0.25, 0.3) is 0 Å². The molecule has 1 heterocycles. The maximum Gasteiger partial charge on any atom is 0.255 e. The molecule has 2 rings (SSSR count). The minimum atomic E-state index is -0.0114. The molecule has 0 aromatic heterocycles. The number of carbonyl (C=O) groups excluding carboxylic acids is 1. The van der Waals surface area contributed by atoms with Crippen molar-refractivity contribution in [1.29, 1.82) is 0 Å². The van der Waals surface area contributed by atoms with Gasteiger partial charge < -0.3 is 10.6 Å². The molecule has 2 N–H and O–H groups in total. The third-order valence-electron chi connectivity index (χ3n) is 3.32. The van der Waals surface area contributed by atoms with Gasteiger partial charge in [-0.15, -0.1) is 12.4 Å². The van der Waals surface area contributed by atoms with Crippen molar-refractivity contribution < 1.29 is 4.79 Å². The number of likely N-dealkylation sites (tertiary alicyclic amines) is 1. The smallest absolute Gasteiger partial charge is 0.255 e. The third-order valence-corrected chi connectivity index (χ3v) is 4.13. The van der Waals surface area contributed by atoms with Gasteiger partial charge in [0.15, 0.2) is 0 Å². The highest BCUT2D eigenvalue weighted by molar-refractivity contribution is 9.10. The zero-order valence-electron chi connectivity index (χ0n) is 10.4. The summed E-state index contributed by atoms with van der Waals surface area (Å²) in [5, 5.41) is 0.482. The molecule has 3 nitrogen and oxygen atoms in total. The van der Waals surface area contributed by atoms with Gasteiger partial charge in [-0.1, -0.05) is 27.5 Å². The van der Waals surface area contributed by atoms with Crippen molar-refractivity contribution in [2.45, 2.75) is 25.3 Å². The molecule has 1 fully saturated rings. The van der Waals surface area contributed by atoms with E-state index in [1.165, 1.54) is 0 Å². The highest BCUT2D eigenvalue weighted by Crippen LogP contribution is 2.25. The Morgan fingerprint density at radius 2 is 2.21 bits per heavy atom. The molecule has 19 heavy (non-hydrogen) atoms. The number of benzene rings is 1. The molecule has 1 aromatic carbocycles. The lowest BCUT2D eigenvalue weighted by Gasteiger charge is -2.35.